The fraction of sp³-hybridized carbons (Fsp3) is 0.571. The molecule has 1 aromatic rings. The first-order chi connectivity index (χ1) is 8.34. The second-order valence-electron chi connectivity index (χ2n) is 4.66. The summed E-state index contributed by atoms with van der Waals surface area (Å²) in [6, 6.07) is 6.64. The Kier molecular flexibility index (Phi) is 4.95. The van der Waals surface area contributed by atoms with Gasteiger partial charge in [-0.15, -0.1) is 0 Å². The quantitative estimate of drug-likeness (QED) is 0.794. The largest absolute Gasteiger partial charge is 0.381 e. The fourth-order valence-corrected chi connectivity index (χ4v) is 2.16. The molecule has 0 aliphatic carbocycles. The summed E-state index contributed by atoms with van der Waals surface area (Å²) >= 11 is 0. The van der Waals surface area contributed by atoms with Crippen LogP contribution < -0.4 is 5.32 Å². The van der Waals surface area contributed by atoms with Crippen LogP contribution in [0.5, 0.6) is 0 Å². The molecular weight excluding hydrogens is 217 g/mol. The van der Waals surface area contributed by atoms with E-state index >= 15 is 0 Å². The van der Waals surface area contributed by atoms with E-state index in [2.05, 4.69) is 5.32 Å². The highest BCUT2D eigenvalue weighted by atomic mass is 19.1. The molecule has 1 atom stereocenters. The first-order valence-electron chi connectivity index (χ1n) is 6.37. The van der Waals surface area contributed by atoms with E-state index in [0.717, 1.165) is 38.3 Å². The molecule has 2 nitrogen and oxygen atoms in total. The van der Waals surface area contributed by atoms with Gasteiger partial charge in [0.15, 0.2) is 0 Å². The average molecular weight is 237 g/mol. The molecule has 94 valence electrons. The van der Waals surface area contributed by atoms with Crippen molar-refractivity contribution in [2.45, 2.75) is 19.3 Å². The number of hydrogen-bond donors (Lipinski definition) is 1. The highest BCUT2D eigenvalue weighted by Gasteiger charge is 2.12. The lowest BCUT2D eigenvalue weighted by molar-refractivity contribution is 0.0921. The van der Waals surface area contributed by atoms with E-state index in [4.69, 9.17) is 4.74 Å². The summed E-state index contributed by atoms with van der Waals surface area (Å²) in [4.78, 5) is 0. The molecule has 1 unspecified atom stereocenters. The number of hydrogen-bond acceptors (Lipinski definition) is 2. The number of nitrogens with one attached hydrogen (secondary N) is 1. The number of benzene rings is 1. The van der Waals surface area contributed by atoms with Crippen LogP contribution in [-0.2, 0) is 11.2 Å². The van der Waals surface area contributed by atoms with E-state index in [9.17, 15) is 4.39 Å². The van der Waals surface area contributed by atoms with Crippen LogP contribution in [0.2, 0.25) is 0 Å². The monoisotopic (exact) mass is 237 g/mol. The minimum absolute atomic E-state index is 0.178. The number of ether oxygens (including phenoxy) is 1. The Morgan fingerprint density at radius 2 is 2.12 bits per heavy atom. The van der Waals surface area contributed by atoms with E-state index in [1.807, 2.05) is 12.1 Å². The first-order valence-corrected chi connectivity index (χ1v) is 6.37. The van der Waals surface area contributed by atoms with Crippen molar-refractivity contribution in [3.63, 3.8) is 0 Å². The molecular formula is C14H20FNO. The topological polar surface area (TPSA) is 21.3 Å². The average Bonchev–Trinajstić information content (AvgIpc) is 2.38. The minimum atomic E-state index is -0.178. The lowest BCUT2D eigenvalue weighted by atomic mass is 10.0. The molecule has 0 bridgehead atoms. The van der Waals surface area contributed by atoms with Gasteiger partial charge in [0, 0.05) is 6.54 Å². The van der Waals surface area contributed by atoms with Gasteiger partial charge in [0.1, 0.15) is 5.82 Å². The van der Waals surface area contributed by atoms with Gasteiger partial charge in [-0.3, -0.25) is 0 Å². The second kappa shape index (κ2) is 6.72. The van der Waals surface area contributed by atoms with E-state index in [0.29, 0.717) is 5.92 Å². The van der Waals surface area contributed by atoms with Crippen molar-refractivity contribution in [1.29, 1.82) is 0 Å². The molecule has 1 heterocycles. The summed E-state index contributed by atoms with van der Waals surface area (Å²) in [5.74, 6) is 0.486. The number of piperidine rings is 1. The SMILES string of the molecule is Fc1ccc(CCOCC2CCCNC2)cc1. The van der Waals surface area contributed by atoms with E-state index in [-0.39, 0.29) is 5.82 Å². The lowest BCUT2D eigenvalue weighted by Crippen LogP contribution is -2.32. The highest BCUT2D eigenvalue weighted by Crippen LogP contribution is 2.10. The molecule has 0 amide bonds. The Morgan fingerprint density at radius 3 is 2.82 bits per heavy atom. The van der Waals surface area contributed by atoms with Gasteiger partial charge in [-0.25, -0.2) is 4.39 Å². The van der Waals surface area contributed by atoms with Crippen LogP contribution in [0, 0.1) is 11.7 Å². The van der Waals surface area contributed by atoms with Crippen molar-refractivity contribution in [3.05, 3.63) is 35.6 Å². The van der Waals surface area contributed by atoms with Gasteiger partial charge in [-0.1, -0.05) is 12.1 Å². The van der Waals surface area contributed by atoms with Crippen molar-refractivity contribution in [2.75, 3.05) is 26.3 Å². The lowest BCUT2D eigenvalue weighted by Gasteiger charge is -2.22. The molecule has 0 radical (unpaired) electrons. The maximum Gasteiger partial charge on any atom is 0.123 e. The van der Waals surface area contributed by atoms with Gasteiger partial charge in [0.05, 0.1) is 13.2 Å². The van der Waals surface area contributed by atoms with Crippen LogP contribution in [0.1, 0.15) is 18.4 Å². The van der Waals surface area contributed by atoms with Crippen molar-refractivity contribution < 1.29 is 9.13 Å². The molecule has 1 fully saturated rings. The molecule has 3 heteroatoms. The first kappa shape index (κ1) is 12.5. The summed E-state index contributed by atoms with van der Waals surface area (Å²) in [5.41, 5.74) is 1.13. The normalized spacial score (nSPS) is 20.4. The second-order valence-corrected chi connectivity index (χ2v) is 4.66. The van der Waals surface area contributed by atoms with Gasteiger partial charge >= 0.3 is 0 Å². The molecule has 0 aromatic heterocycles. The molecule has 1 N–H and O–H groups in total. The summed E-state index contributed by atoms with van der Waals surface area (Å²) < 4.78 is 18.4. The van der Waals surface area contributed by atoms with Crippen molar-refractivity contribution in [3.8, 4) is 0 Å². The molecule has 1 aliphatic heterocycles. The third kappa shape index (κ3) is 4.44. The standard InChI is InChI=1S/C14H20FNO/c15-14-5-3-12(4-6-14)7-9-17-11-13-2-1-8-16-10-13/h3-6,13,16H,1-2,7-11H2. The third-order valence-corrected chi connectivity index (χ3v) is 3.20. The Hall–Kier alpha value is -0.930. The van der Waals surface area contributed by atoms with Gasteiger partial charge < -0.3 is 10.1 Å². The fourth-order valence-electron chi connectivity index (χ4n) is 2.16. The molecule has 2 rings (SSSR count). The minimum Gasteiger partial charge on any atom is -0.381 e. The zero-order valence-electron chi connectivity index (χ0n) is 10.1. The Morgan fingerprint density at radius 1 is 1.29 bits per heavy atom. The predicted octanol–water partition coefficient (Wildman–Crippen LogP) is 2.38. The molecule has 1 aliphatic rings. The van der Waals surface area contributed by atoms with Gasteiger partial charge in [-0.05, 0) is 49.4 Å². The van der Waals surface area contributed by atoms with Gasteiger partial charge in [0.25, 0.3) is 0 Å². The van der Waals surface area contributed by atoms with E-state index in [1.165, 1.54) is 25.0 Å². The van der Waals surface area contributed by atoms with Crippen molar-refractivity contribution in [1.82, 2.24) is 5.32 Å². The van der Waals surface area contributed by atoms with Crippen LogP contribution in [0.25, 0.3) is 0 Å². The smallest absolute Gasteiger partial charge is 0.123 e. The van der Waals surface area contributed by atoms with E-state index < -0.39 is 0 Å². The van der Waals surface area contributed by atoms with Crippen LogP contribution in [-0.4, -0.2) is 26.3 Å². The third-order valence-electron chi connectivity index (χ3n) is 3.20. The zero-order chi connectivity index (χ0) is 11.9. The van der Waals surface area contributed by atoms with Crippen LogP contribution in [0.15, 0.2) is 24.3 Å². The summed E-state index contributed by atoms with van der Waals surface area (Å²) in [7, 11) is 0. The Balaban J connectivity index is 1.60. The maximum absolute atomic E-state index is 12.7. The van der Waals surface area contributed by atoms with Gasteiger partial charge in [0.2, 0.25) is 0 Å². The molecule has 1 saturated heterocycles. The predicted molar refractivity (Wildman–Crippen MR) is 66.5 cm³/mol. The van der Waals surface area contributed by atoms with Crippen LogP contribution in [0.4, 0.5) is 4.39 Å². The maximum atomic E-state index is 12.7. The van der Waals surface area contributed by atoms with Gasteiger partial charge in [-0.2, -0.15) is 0 Å². The molecule has 1 aromatic carbocycles. The van der Waals surface area contributed by atoms with E-state index in [1.54, 1.807) is 0 Å². The molecule has 17 heavy (non-hydrogen) atoms. The summed E-state index contributed by atoms with van der Waals surface area (Å²) in [5, 5.41) is 3.38. The van der Waals surface area contributed by atoms with Crippen molar-refractivity contribution >= 4 is 0 Å². The summed E-state index contributed by atoms with van der Waals surface area (Å²) in [6.07, 6.45) is 3.38. The van der Waals surface area contributed by atoms with Crippen LogP contribution >= 0.6 is 0 Å². The number of halogens is 1. The Bertz CT molecular complexity index is 319. The highest BCUT2D eigenvalue weighted by molar-refractivity contribution is 5.15. The molecule has 0 spiro atoms. The summed E-state index contributed by atoms with van der Waals surface area (Å²) in [6.45, 7) is 3.79. The molecule has 0 saturated carbocycles. The van der Waals surface area contributed by atoms with Crippen LogP contribution in [0.3, 0.4) is 0 Å². The Labute approximate surface area is 102 Å². The van der Waals surface area contributed by atoms with Crippen molar-refractivity contribution in [2.24, 2.45) is 5.92 Å². The zero-order valence-corrected chi connectivity index (χ0v) is 10.1. The number of rotatable bonds is 5.